The minimum absolute atomic E-state index is 0.0843. The zero-order valence-corrected chi connectivity index (χ0v) is 13.0. The van der Waals surface area contributed by atoms with Gasteiger partial charge in [-0.2, -0.15) is 0 Å². The van der Waals surface area contributed by atoms with Crippen LogP contribution in [0.25, 0.3) is 6.08 Å². The number of amides is 2. The number of anilines is 1. The van der Waals surface area contributed by atoms with Crippen molar-refractivity contribution in [2.75, 3.05) is 11.4 Å². The van der Waals surface area contributed by atoms with Gasteiger partial charge in [0.15, 0.2) is 0 Å². The van der Waals surface area contributed by atoms with Gasteiger partial charge in [0, 0.05) is 24.7 Å². The Morgan fingerprint density at radius 3 is 2.54 bits per heavy atom. The minimum Gasteiger partial charge on any atom is -0.347 e. The number of nitrogens with zero attached hydrogens (tertiary/aromatic N) is 1. The van der Waals surface area contributed by atoms with Crippen LogP contribution in [0.3, 0.4) is 0 Å². The van der Waals surface area contributed by atoms with Gasteiger partial charge in [0.1, 0.15) is 5.82 Å². The van der Waals surface area contributed by atoms with Crippen LogP contribution >= 0.6 is 0 Å². The van der Waals surface area contributed by atoms with E-state index >= 15 is 0 Å². The Morgan fingerprint density at radius 2 is 1.83 bits per heavy atom. The van der Waals surface area contributed by atoms with E-state index in [1.165, 1.54) is 18.2 Å². The molecule has 1 heterocycles. The fraction of sp³-hybridized carbons (Fsp3) is 0.158. The Labute approximate surface area is 139 Å². The third-order valence-corrected chi connectivity index (χ3v) is 3.84. The van der Waals surface area contributed by atoms with Crippen LogP contribution in [0.2, 0.25) is 0 Å². The van der Waals surface area contributed by atoms with Crippen LogP contribution in [0, 0.1) is 5.82 Å². The first kappa shape index (κ1) is 15.9. The molecule has 1 N–H and O–H groups in total. The molecule has 2 amide bonds. The lowest BCUT2D eigenvalue weighted by atomic mass is 10.2. The van der Waals surface area contributed by atoms with E-state index < -0.39 is 0 Å². The van der Waals surface area contributed by atoms with Crippen molar-refractivity contribution in [1.82, 2.24) is 5.32 Å². The van der Waals surface area contributed by atoms with Crippen LogP contribution in [0.15, 0.2) is 60.7 Å². The van der Waals surface area contributed by atoms with Crippen molar-refractivity contribution in [3.63, 3.8) is 0 Å². The molecule has 2 aromatic rings. The summed E-state index contributed by atoms with van der Waals surface area (Å²) in [5.41, 5.74) is 1.57. The molecule has 1 fully saturated rings. The van der Waals surface area contributed by atoms with E-state index in [0.29, 0.717) is 12.2 Å². The first-order chi connectivity index (χ1) is 11.6. The van der Waals surface area contributed by atoms with Crippen molar-refractivity contribution >= 4 is 23.6 Å². The van der Waals surface area contributed by atoms with Crippen molar-refractivity contribution in [3.05, 3.63) is 72.1 Å². The maximum absolute atomic E-state index is 13.0. The molecule has 0 spiro atoms. The summed E-state index contributed by atoms with van der Waals surface area (Å²) in [5.74, 6) is -0.669. The highest BCUT2D eigenvalue weighted by atomic mass is 19.1. The van der Waals surface area contributed by atoms with Gasteiger partial charge in [-0.1, -0.05) is 30.3 Å². The van der Waals surface area contributed by atoms with Gasteiger partial charge in [0.2, 0.25) is 11.8 Å². The number of halogens is 1. The van der Waals surface area contributed by atoms with Crippen LogP contribution in [0.5, 0.6) is 0 Å². The van der Waals surface area contributed by atoms with E-state index in [1.807, 2.05) is 30.3 Å². The summed E-state index contributed by atoms with van der Waals surface area (Å²) >= 11 is 0. The van der Waals surface area contributed by atoms with E-state index in [9.17, 15) is 14.0 Å². The molecule has 1 saturated heterocycles. The number of rotatable bonds is 4. The van der Waals surface area contributed by atoms with Crippen molar-refractivity contribution < 1.29 is 14.0 Å². The van der Waals surface area contributed by atoms with Crippen molar-refractivity contribution in [2.45, 2.75) is 12.5 Å². The number of nitrogens with one attached hydrogen (secondary N) is 1. The van der Waals surface area contributed by atoms with Gasteiger partial charge in [0.25, 0.3) is 0 Å². The number of hydrogen-bond acceptors (Lipinski definition) is 2. The Hall–Kier alpha value is -2.95. The van der Waals surface area contributed by atoms with Crippen molar-refractivity contribution in [3.8, 4) is 0 Å². The number of benzene rings is 2. The smallest absolute Gasteiger partial charge is 0.244 e. The summed E-state index contributed by atoms with van der Waals surface area (Å²) in [6.45, 7) is 0.384. The first-order valence-corrected chi connectivity index (χ1v) is 7.71. The van der Waals surface area contributed by atoms with Crippen molar-refractivity contribution in [2.24, 2.45) is 0 Å². The van der Waals surface area contributed by atoms with E-state index in [0.717, 1.165) is 5.56 Å². The highest BCUT2D eigenvalue weighted by Gasteiger charge is 2.31. The van der Waals surface area contributed by atoms with Gasteiger partial charge in [-0.25, -0.2) is 4.39 Å². The standard InChI is InChI=1S/C19H17FN2O2/c20-15-7-9-17(10-8-15)22-13-16(12-19(22)24)21-18(23)11-6-14-4-2-1-3-5-14/h1-11,16H,12-13H2,(H,21,23)/b11-6-/t16-/m0/s1. The Balaban J connectivity index is 1.59. The fourth-order valence-corrected chi connectivity index (χ4v) is 2.66. The van der Waals surface area contributed by atoms with Gasteiger partial charge in [0.05, 0.1) is 6.04 Å². The Kier molecular flexibility index (Phi) is 4.70. The highest BCUT2D eigenvalue weighted by Crippen LogP contribution is 2.21. The lowest BCUT2D eigenvalue weighted by Gasteiger charge is -2.16. The third kappa shape index (κ3) is 3.87. The summed E-state index contributed by atoms with van der Waals surface area (Å²) in [6, 6.07) is 15.0. The van der Waals surface area contributed by atoms with E-state index in [-0.39, 0.29) is 30.1 Å². The number of hydrogen-bond donors (Lipinski definition) is 1. The number of carbonyl (C=O) groups excluding carboxylic acids is 2. The lowest BCUT2D eigenvalue weighted by molar-refractivity contribution is -0.117. The third-order valence-electron chi connectivity index (χ3n) is 3.84. The summed E-state index contributed by atoms with van der Waals surface area (Å²) in [6.07, 6.45) is 3.42. The molecule has 4 nitrogen and oxygen atoms in total. The topological polar surface area (TPSA) is 49.4 Å². The Morgan fingerprint density at radius 1 is 1.12 bits per heavy atom. The van der Waals surface area contributed by atoms with E-state index in [4.69, 9.17) is 0 Å². The maximum atomic E-state index is 13.0. The SMILES string of the molecule is O=C(/C=C\c1ccccc1)N[C@H]1CC(=O)N(c2ccc(F)cc2)C1. The largest absolute Gasteiger partial charge is 0.347 e. The van der Waals surface area contributed by atoms with E-state index in [2.05, 4.69) is 5.32 Å². The zero-order valence-electron chi connectivity index (χ0n) is 13.0. The highest BCUT2D eigenvalue weighted by molar-refractivity contribution is 5.98. The fourth-order valence-electron chi connectivity index (χ4n) is 2.66. The van der Waals surface area contributed by atoms with Crippen LogP contribution in [-0.2, 0) is 9.59 Å². The summed E-state index contributed by atoms with van der Waals surface area (Å²) in [4.78, 5) is 25.6. The van der Waals surface area contributed by atoms with Crippen LogP contribution in [0.1, 0.15) is 12.0 Å². The average molecular weight is 324 g/mol. The van der Waals surface area contributed by atoms with Crippen LogP contribution in [-0.4, -0.2) is 24.4 Å². The molecule has 0 aromatic heterocycles. The second-order valence-electron chi connectivity index (χ2n) is 5.63. The molecular weight excluding hydrogens is 307 g/mol. The molecule has 122 valence electrons. The predicted molar refractivity (Wildman–Crippen MR) is 90.8 cm³/mol. The van der Waals surface area contributed by atoms with Crippen LogP contribution in [0.4, 0.5) is 10.1 Å². The summed E-state index contributed by atoms with van der Waals surface area (Å²) in [5, 5.41) is 2.83. The molecule has 1 atom stereocenters. The minimum atomic E-state index is -0.346. The molecule has 3 rings (SSSR count). The molecule has 0 aliphatic carbocycles. The lowest BCUT2D eigenvalue weighted by Crippen LogP contribution is -2.36. The predicted octanol–water partition coefficient (Wildman–Crippen LogP) is 2.76. The second-order valence-corrected chi connectivity index (χ2v) is 5.63. The van der Waals surface area contributed by atoms with Crippen molar-refractivity contribution in [1.29, 1.82) is 0 Å². The maximum Gasteiger partial charge on any atom is 0.244 e. The molecule has 24 heavy (non-hydrogen) atoms. The molecular formula is C19H17FN2O2. The number of carbonyl (C=O) groups is 2. The molecule has 1 aliphatic heterocycles. The first-order valence-electron chi connectivity index (χ1n) is 7.71. The quantitative estimate of drug-likeness (QED) is 0.879. The van der Waals surface area contributed by atoms with Gasteiger partial charge < -0.3 is 10.2 Å². The van der Waals surface area contributed by atoms with Gasteiger partial charge in [-0.15, -0.1) is 0 Å². The molecule has 1 aliphatic rings. The molecule has 0 saturated carbocycles. The molecule has 2 aromatic carbocycles. The average Bonchev–Trinajstić information content (AvgIpc) is 2.95. The van der Waals surface area contributed by atoms with E-state index in [1.54, 1.807) is 23.1 Å². The molecule has 0 radical (unpaired) electrons. The van der Waals surface area contributed by atoms with Gasteiger partial charge in [-0.05, 0) is 35.9 Å². The Bertz CT molecular complexity index is 757. The molecule has 5 heteroatoms. The van der Waals surface area contributed by atoms with Gasteiger partial charge >= 0.3 is 0 Å². The van der Waals surface area contributed by atoms with Crippen LogP contribution < -0.4 is 10.2 Å². The van der Waals surface area contributed by atoms with Gasteiger partial charge in [-0.3, -0.25) is 9.59 Å². The normalized spacial score (nSPS) is 17.5. The molecule has 0 bridgehead atoms. The summed E-state index contributed by atoms with van der Waals surface area (Å²) in [7, 11) is 0. The molecule has 0 unspecified atom stereocenters. The monoisotopic (exact) mass is 324 g/mol. The zero-order chi connectivity index (χ0) is 16.9. The second kappa shape index (κ2) is 7.08. The summed E-state index contributed by atoms with van der Waals surface area (Å²) < 4.78 is 13.0.